The average molecular weight is 351 g/mol. The zero-order valence-corrected chi connectivity index (χ0v) is 13.1. The molecule has 6 heteroatoms. The minimum absolute atomic E-state index is 0.281. The summed E-state index contributed by atoms with van der Waals surface area (Å²) in [5.41, 5.74) is 0. The summed E-state index contributed by atoms with van der Waals surface area (Å²) < 4.78 is 25.1. The van der Waals surface area contributed by atoms with Crippen molar-refractivity contribution in [2.75, 3.05) is 5.75 Å². The van der Waals surface area contributed by atoms with E-state index in [1.807, 2.05) is 0 Å². The first kappa shape index (κ1) is 14.2. The third-order valence-corrected chi connectivity index (χ3v) is 7.06. The molecular weight excluding hydrogens is 336 g/mol. The zero-order chi connectivity index (χ0) is 13.2. The molecule has 0 spiro atoms. The molecular formula is C12H15BrO3S2. The fraction of sp³-hybridized carbons (Fsp3) is 0.583. The molecule has 0 N–H and O–H groups in total. The van der Waals surface area contributed by atoms with Crippen LogP contribution < -0.4 is 0 Å². The predicted octanol–water partition coefficient (Wildman–Crippen LogP) is 3.44. The first-order valence-corrected chi connectivity index (χ1v) is 9.31. The molecule has 2 rings (SSSR count). The highest BCUT2D eigenvalue weighted by Crippen LogP contribution is 2.26. The lowest BCUT2D eigenvalue weighted by Gasteiger charge is -2.21. The Hall–Kier alpha value is -0.200. The van der Waals surface area contributed by atoms with Crippen molar-refractivity contribution in [2.24, 2.45) is 0 Å². The topological polar surface area (TPSA) is 51.2 Å². The second kappa shape index (κ2) is 5.84. The number of ketones is 1. The highest BCUT2D eigenvalue weighted by atomic mass is 79.9. The summed E-state index contributed by atoms with van der Waals surface area (Å²) in [6.07, 6.45) is 4.45. The highest BCUT2D eigenvalue weighted by molar-refractivity contribution is 9.11. The molecule has 1 fully saturated rings. The van der Waals surface area contributed by atoms with Crippen LogP contribution in [0.2, 0.25) is 0 Å². The number of sulfone groups is 1. The van der Waals surface area contributed by atoms with Crippen LogP contribution in [0.15, 0.2) is 15.9 Å². The van der Waals surface area contributed by atoms with Gasteiger partial charge in [-0.1, -0.05) is 19.3 Å². The van der Waals surface area contributed by atoms with Crippen molar-refractivity contribution in [1.82, 2.24) is 0 Å². The van der Waals surface area contributed by atoms with E-state index >= 15 is 0 Å². The number of Topliss-reactive ketones (excluding diaryl/α,β-unsaturated/α-hetero) is 1. The fourth-order valence-electron chi connectivity index (χ4n) is 2.26. The Morgan fingerprint density at radius 3 is 2.50 bits per heavy atom. The molecule has 0 amide bonds. The molecule has 18 heavy (non-hydrogen) atoms. The van der Waals surface area contributed by atoms with Crippen LogP contribution in [0, 0.1) is 0 Å². The molecule has 1 heterocycles. The van der Waals surface area contributed by atoms with E-state index in [-0.39, 0.29) is 16.8 Å². The van der Waals surface area contributed by atoms with Crippen molar-refractivity contribution in [1.29, 1.82) is 0 Å². The maximum absolute atomic E-state index is 12.1. The summed E-state index contributed by atoms with van der Waals surface area (Å²) in [5.74, 6) is -0.624. The first-order chi connectivity index (χ1) is 8.49. The number of hydrogen-bond acceptors (Lipinski definition) is 4. The SMILES string of the molecule is O=C(CS(=O)(=O)C1CCCCC1)c1ccc(Br)s1. The van der Waals surface area contributed by atoms with Crippen molar-refractivity contribution < 1.29 is 13.2 Å². The van der Waals surface area contributed by atoms with Crippen LogP contribution in [0.4, 0.5) is 0 Å². The van der Waals surface area contributed by atoms with Gasteiger partial charge in [0, 0.05) is 0 Å². The monoisotopic (exact) mass is 350 g/mol. The number of carbonyl (C=O) groups excluding carboxylic acids is 1. The minimum Gasteiger partial charge on any atom is -0.292 e. The Balaban J connectivity index is 2.05. The van der Waals surface area contributed by atoms with Crippen LogP contribution in [0.1, 0.15) is 41.8 Å². The molecule has 0 aromatic carbocycles. The highest BCUT2D eigenvalue weighted by Gasteiger charge is 2.29. The summed E-state index contributed by atoms with van der Waals surface area (Å²) in [7, 11) is -3.28. The average Bonchev–Trinajstić information content (AvgIpc) is 2.77. The van der Waals surface area contributed by atoms with Crippen molar-refractivity contribution in [2.45, 2.75) is 37.4 Å². The Bertz CT molecular complexity index is 527. The Kier molecular flexibility index (Phi) is 4.61. The molecule has 3 nitrogen and oxygen atoms in total. The third-order valence-electron chi connectivity index (χ3n) is 3.24. The van der Waals surface area contributed by atoms with E-state index in [0.29, 0.717) is 17.7 Å². The lowest BCUT2D eigenvalue weighted by atomic mass is 10.0. The van der Waals surface area contributed by atoms with Crippen molar-refractivity contribution >= 4 is 42.9 Å². The maximum atomic E-state index is 12.1. The van der Waals surface area contributed by atoms with Gasteiger partial charge in [-0.25, -0.2) is 8.42 Å². The lowest BCUT2D eigenvalue weighted by molar-refractivity contribution is 0.102. The molecule has 1 saturated carbocycles. The van der Waals surface area contributed by atoms with Gasteiger partial charge in [-0.3, -0.25) is 4.79 Å². The minimum atomic E-state index is -3.28. The summed E-state index contributed by atoms with van der Waals surface area (Å²) in [6, 6.07) is 3.44. The molecule has 0 unspecified atom stereocenters. The first-order valence-electron chi connectivity index (χ1n) is 5.99. The van der Waals surface area contributed by atoms with Gasteiger partial charge in [0.15, 0.2) is 15.6 Å². The molecule has 0 saturated heterocycles. The standard InChI is InChI=1S/C12H15BrO3S2/c13-12-7-6-11(17-12)10(14)8-18(15,16)9-4-2-1-3-5-9/h6-7,9H,1-5,8H2. The van der Waals surface area contributed by atoms with Gasteiger partial charge < -0.3 is 0 Å². The molecule has 0 radical (unpaired) electrons. The van der Waals surface area contributed by atoms with Crippen molar-refractivity contribution in [3.63, 3.8) is 0 Å². The Labute approximate surface area is 120 Å². The van der Waals surface area contributed by atoms with Crippen molar-refractivity contribution in [3.05, 3.63) is 20.8 Å². The number of rotatable bonds is 4. The second-order valence-corrected chi connectivity index (χ2v) is 9.34. The van der Waals surface area contributed by atoms with Gasteiger partial charge in [0.25, 0.3) is 0 Å². The number of halogens is 1. The largest absolute Gasteiger partial charge is 0.292 e. The summed E-state index contributed by atoms with van der Waals surface area (Å²) >= 11 is 4.56. The fourth-order valence-corrected chi connectivity index (χ4v) is 5.48. The van der Waals surface area contributed by atoms with Gasteiger partial charge in [-0.05, 0) is 40.9 Å². The molecule has 0 aliphatic heterocycles. The molecule has 1 aromatic rings. The van der Waals surface area contributed by atoms with Crippen LogP contribution in [0.5, 0.6) is 0 Å². The molecule has 100 valence electrons. The summed E-state index contributed by atoms with van der Waals surface area (Å²) in [6.45, 7) is 0. The van der Waals surface area contributed by atoms with Crippen LogP contribution >= 0.6 is 27.3 Å². The maximum Gasteiger partial charge on any atom is 0.187 e. The molecule has 0 bridgehead atoms. The molecule has 1 aliphatic rings. The van der Waals surface area contributed by atoms with Gasteiger partial charge in [0.05, 0.1) is 13.9 Å². The quantitative estimate of drug-likeness (QED) is 0.781. The van der Waals surface area contributed by atoms with E-state index in [9.17, 15) is 13.2 Å². The van der Waals surface area contributed by atoms with E-state index in [4.69, 9.17) is 0 Å². The van der Waals surface area contributed by atoms with Gasteiger partial charge in [-0.15, -0.1) is 11.3 Å². The number of carbonyl (C=O) groups is 1. The van der Waals surface area contributed by atoms with Crippen LogP contribution in [-0.4, -0.2) is 25.2 Å². The normalized spacial score (nSPS) is 17.8. The Morgan fingerprint density at radius 2 is 1.94 bits per heavy atom. The van der Waals surface area contributed by atoms with Gasteiger partial charge in [-0.2, -0.15) is 0 Å². The molecule has 1 aliphatic carbocycles. The van der Waals surface area contributed by atoms with E-state index in [1.54, 1.807) is 12.1 Å². The van der Waals surface area contributed by atoms with Crippen LogP contribution in [-0.2, 0) is 9.84 Å². The molecule has 1 aromatic heterocycles. The summed E-state index contributed by atoms with van der Waals surface area (Å²) in [4.78, 5) is 12.4. The second-order valence-electron chi connectivity index (χ2n) is 4.59. The molecule has 0 atom stereocenters. The van der Waals surface area contributed by atoms with Crippen LogP contribution in [0.3, 0.4) is 0 Å². The van der Waals surface area contributed by atoms with Gasteiger partial charge in [0.1, 0.15) is 5.75 Å². The van der Waals surface area contributed by atoms with Crippen molar-refractivity contribution in [3.8, 4) is 0 Å². The third kappa shape index (κ3) is 3.42. The summed E-state index contributed by atoms with van der Waals surface area (Å²) in [5, 5.41) is -0.307. The smallest absolute Gasteiger partial charge is 0.187 e. The Morgan fingerprint density at radius 1 is 1.28 bits per heavy atom. The zero-order valence-electron chi connectivity index (χ0n) is 9.89. The van der Waals surface area contributed by atoms with Crippen LogP contribution in [0.25, 0.3) is 0 Å². The predicted molar refractivity (Wildman–Crippen MR) is 77.0 cm³/mol. The van der Waals surface area contributed by atoms with E-state index in [0.717, 1.165) is 23.0 Å². The van der Waals surface area contributed by atoms with E-state index < -0.39 is 9.84 Å². The lowest BCUT2D eigenvalue weighted by Crippen LogP contribution is -2.29. The van der Waals surface area contributed by atoms with Gasteiger partial charge >= 0.3 is 0 Å². The number of hydrogen-bond donors (Lipinski definition) is 0. The number of thiophene rings is 1. The van der Waals surface area contributed by atoms with E-state index in [2.05, 4.69) is 15.9 Å². The van der Waals surface area contributed by atoms with Gasteiger partial charge in [0.2, 0.25) is 0 Å². The van der Waals surface area contributed by atoms with E-state index in [1.165, 1.54) is 11.3 Å².